The van der Waals surface area contributed by atoms with Crippen molar-refractivity contribution in [3.05, 3.63) is 53.9 Å². The molecule has 2 aromatic rings. The number of imidazole rings is 1. The molecule has 5 heteroatoms. The Morgan fingerprint density at radius 2 is 2.10 bits per heavy atom. The van der Waals surface area contributed by atoms with Crippen molar-refractivity contribution in [2.75, 3.05) is 6.61 Å². The van der Waals surface area contributed by atoms with Gasteiger partial charge in [0.05, 0.1) is 25.9 Å². The molecule has 1 aromatic heterocycles. The highest BCUT2D eigenvalue weighted by Gasteiger charge is 2.12. The molecule has 0 saturated carbocycles. The quantitative estimate of drug-likeness (QED) is 0.853. The van der Waals surface area contributed by atoms with Crippen LogP contribution in [0, 0.1) is 5.82 Å². The maximum atomic E-state index is 13.4. The first-order chi connectivity index (χ1) is 10.1. The van der Waals surface area contributed by atoms with E-state index in [2.05, 4.69) is 18.8 Å². The maximum absolute atomic E-state index is 13.4. The molecule has 2 rings (SSSR count). The van der Waals surface area contributed by atoms with Gasteiger partial charge in [-0.05, 0) is 6.07 Å². The predicted molar refractivity (Wildman–Crippen MR) is 78.4 cm³/mol. The second kappa shape index (κ2) is 7.33. The van der Waals surface area contributed by atoms with E-state index in [-0.39, 0.29) is 19.0 Å². The molecule has 21 heavy (non-hydrogen) atoms. The highest BCUT2D eigenvalue weighted by Crippen LogP contribution is 2.12. The van der Waals surface area contributed by atoms with Gasteiger partial charge < -0.3 is 14.4 Å². The van der Waals surface area contributed by atoms with Crippen LogP contribution in [0.15, 0.2) is 36.7 Å². The molecule has 1 atom stereocenters. The number of hydrogen-bond acceptors (Lipinski definition) is 3. The molecular formula is C16H21FN2O2. The molecule has 0 aliphatic rings. The average Bonchev–Trinajstić information content (AvgIpc) is 2.89. The summed E-state index contributed by atoms with van der Waals surface area (Å²) in [6.07, 6.45) is 2.92. The fourth-order valence-corrected chi connectivity index (χ4v) is 2.18. The Bertz CT molecular complexity index is 569. The Balaban J connectivity index is 1.81. The van der Waals surface area contributed by atoms with Crippen LogP contribution in [-0.2, 0) is 17.9 Å². The Labute approximate surface area is 124 Å². The molecule has 4 nitrogen and oxygen atoms in total. The second-order valence-electron chi connectivity index (χ2n) is 5.35. The predicted octanol–water partition coefficient (Wildman–Crippen LogP) is 2.72. The van der Waals surface area contributed by atoms with E-state index in [0.717, 1.165) is 5.82 Å². The van der Waals surface area contributed by atoms with Crippen molar-refractivity contribution < 1.29 is 14.2 Å². The number of hydrogen-bond donors (Lipinski definition) is 1. The number of nitrogens with zero attached hydrogens (tertiary/aromatic N) is 2. The first-order valence-electron chi connectivity index (χ1n) is 7.08. The number of benzene rings is 1. The number of rotatable bonds is 7. The molecule has 114 valence electrons. The third kappa shape index (κ3) is 4.37. The lowest BCUT2D eigenvalue weighted by Gasteiger charge is -2.15. The van der Waals surface area contributed by atoms with Crippen LogP contribution >= 0.6 is 0 Å². The minimum atomic E-state index is -0.650. The highest BCUT2D eigenvalue weighted by atomic mass is 19.1. The zero-order valence-corrected chi connectivity index (χ0v) is 12.4. The Morgan fingerprint density at radius 1 is 1.33 bits per heavy atom. The first-order valence-corrected chi connectivity index (χ1v) is 7.08. The Hall–Kier alpha value is -1.72. The summed E-state index contributed by atoms with van der Waals surface area (Å²) in [6.45, 7) is 4.85. The van der Waals surface area contributed by atoms with Crippen LogP contribution in [0.25, 0.3) is 0 Å². The minimum Gasteiger partial charge on any atom is -0.389 e. The van der Waals surface area contributed by atoms with Crippen molar-refractivity contribution in [3.63, 3.8) is 0 Å². The lowest BCUT2D eigenvalue weighted by molar-refractivity contribution is 0.0190. The van der Waals surface area contributed by atoms with E-state index in [1.807, 2.05) is 10.8 Å². The summed E-state index contributed by atoms with van der Waals surface area (Å²) in [4.78, 5) is 4.27. The van der Waals surface area contributed by atoms with E-state index in [0.29, 0.717) is 18.0 Å². The lowest BCUT2D eigenvalue weighted by atomic mass is 10.2. The van der Waals surface area contributed by atoms with Gasteiger partial charge in [-0.1, -0.05) is 32.0 Å². The van der Waals surface area contributed by atoms with Gasteiger partial charge in [-0.2, -0.15) is 0 Å². The van der Waals surface area contributed by atoms with Gasteiger partial charge in [0.15, 0.2) is 0 Å². The Kier molecular flexibility index (Phi) is 5.47. The fourth-order valence-electron chi connectivity index (χ4n) is 2.18. The van der Waals surface area contributed by atoms with Crippen LogP contribution in [0.2, 0.25) is 0 Å². The molecular weight excluding hydrogens is 271 g/mol. The molecule has 0 fully saturated rings. The SMILES string of the molecule is CC(C)c1nccn1CC(O)COCc1ccccc1F. The van der Waals surface area contributed by atoms with Crippen LogP contribution in [0.3, 0.4) is 0 Å². The fraction of sp³-hybridized carbons (Fsp3) is 0.438. The molecule has 1 aromatic carbocycles. The molecule has 0 aliphatic carbocycles. The summed E-state index contributed by atoms with van der Waals surface area (Å²) in [5, 5.41) is 10.0. The van der Waals surface area contributed by atoms with Crippen LogP contribution in [0.5, 0.6) is 0 Å². The summed E-state index contributed by atoms with van der Waals surface area (Å²) in [7, 11) is 0. The van der Waals surface area contributed by atoms with Crippen LogP contribution < -0.4 is 0 Å². The van der Waals surface area contributed by atoms with Crippen LogP contribution in [0.1, 0.15) is 31.2 Å². The summed E-state index contributed by atoms with van der Waals surface area (Å²) in [6, 6.07) is 6.47. The van der Waals surface area contributed by atoms with Gasteiger partial charge in [-0.3, -0.25) is 0 Å². The van der Waals surface area contributed by atoms with Gasteiger partial charge in [0.1, 0.15) is 11.6 Å². The zero-order chi connectivity index (χ0) is 15.2. The van der Waals surface area contributed by atoms with Crippen molar-refractivity contribution in [1.82, 2.24) is 9.55 Å². The standard InChI is InChI=1S/C16H21FN2O2/c1-12(2)16-18-7-8-19(16)9-14(20)11-21-10-13-5-3-4-6-15(13)17/h3-8,12,14,20H,9-11H2,1-2H3. The molecule has 0 spiro atoms. The normalized spacial score (nSPS) is 12.8. The van der Waals surface area contributed by atoms with Crippen molar-refractivity contribution in [3.8, 4) is 0 Å². The monoisotopic (exact) mass is 292 g/mol. The van der Waals surface area contributed by atoms with E-state index in [4.69, 9.17) is 4.74 Å². The second-order valence-corrected chi connectivity index (χ2v) is 5.35. The maximum Gasteiger partial charge on any atom is 0.128 e. The third-order valence-electron chi connectivity index (χ3n) is 3.20. The van der Waals surface area contributed by atoms with Gasteiger partial charge in [-0.15, -0.1) is 0 Å². The number of ether oxygens (including phenoxy) is 1. The van der Waals surface area contributed by atoms with Crippen molar-refractivity contribution in [1.29, 1.82) is 0 Å². The van der Waals surface area contributed by atoms with Crippen LogP contribution in [0.4, 0.5) is 4.39 Å². The molecule has 0 bridgehead atoms. The highest BCUT2D eigenvalue weighted by molar-refractivity contribution is 5.16. The smallest absolute Gasteiger partial charge is 0.128 e. The lowest BCUT2D eigenvalue weighted by Crippen LogP contribution is -2.23. The number of halogens is 1. The molecule has 0 radical (unpaired) electrons. The van der Waals surface area contributed by atoms with Gasteiger partial charge in [0, 0.05) is 23.9 Å². The van der Waals surface area contributed by atoms with E-state index in [1.54, 1.807) is 24.4 Å². The van der Waals surface area contributed by atoms with E-state index in [9.17, 15) is 9.50 Å². The van der Waals surface area contributed by atoms with E-state index in [1.165, 1.54) is 6.07 Å². The zero-order valence-electron chi connectivity index (χ0n) is 12.4. The number of aliphatic hydroxyl groups excluding tert-OH is 1. The van der Waals surface area contributed by atoms with Gasteiger partial charge in [0.2, 0.25) is 0 Å². The van der Waals surface area contributed by atoms with E-state index < -0.39 is 6.10 Å². The van der Waals surface area contributed by atoms with Crippen molar-refractivity contribution in [2.24, 2.45) is 0 Å². The average molecular weight is 292 g/mol. The van der Waals surface area contributed by atoms with E-state index >= 15 is 0 Å². The molecule has 0 saturated heterocycles. The summed E-state index contributed by atoms with van der Waals surface area (Å²) >= 11 is 0. The summed E-state index contributed by atoms with van der Waals surface area (Å²) < 4.78 is 20.7. The van der Waals surface area contributed by atoms with Gasteiger partial charge in [0.25, 0.3) is 0 Å². The Morgan fingerprint density at radius 3 is 2.81 bits per heavy atom. The largest absolute Gasteiger partial charge is 0.389 e. The molecule has 0 amide bonds. The van der Waals surface area contributed by atoms with Crippen LogP contribution in [-0.4, -0.2) is 27.4 Å². The summed E-state index contributed by atoms with van der Waals surface area (Å²) in [5.74, 6) is 0.943. The molecule has 1 unspecified atom stereocenters. The number of aliphatic hydroxyl groups is 1. The topological polar surface area (TPSA) is 47.3 Å². The third-order valence-corrected chi connectivity index (χ3v) is 3.20. The van der Waals surface area contributed by atoms with Crippen molar-refractivity contribution in [2.45, 2.75) is 39.0 Å². The number of aromatic nitrogens is 2. The van der Waals surface area contributed by atoms with Crippen molar-refractivity contribution >= 4 is 0 Å². The molecule has 0 aliphatic heterocycles. The van der Waals surface area contributed by atoms with Gasteiger partial charge in [-0.25, -0.2) is 9.37 Å². The molecule has 1 N–H and O–H groups in total. The first kappa shape index (κ1) is 15.7. The molecule has 1 heterocycles. The minimum absolute atomic E-state index is 0.157. The van der Waals surface area contributed by atoms with Gasteiger partial charge >= 0.3 is 0 Å². The summed E-state index contributed by atoms with van der Waals surface area (Å²) in [5.41, 5.74) is 0.496.